The van der Waals surface area contributed by atoms with E-state index in [9.17, 15) is 9.59 Å². The minimum Gasteiger partial charge on any atom is -0.366 e. The number of carbonyl (C=O) groups is 2. The fraction of sp³-hybridized carbons (Fsp3) is 0.222. The Labute approximate surface area is 146 Å². The minimum absolute atomic E-state index is 0.0895. The molecule has 0 heterocycles. The maximum atomic E-state index is 12.4. The number of nitrogens with one attached hydrogen (secondary N) is 2. The standard InChI is InChI=1S/C18H20ClN3O2/c1-12(22(2)11-13-3-7-15(19)8-4-13)18(24)21-16-9-5-14(6-10-16)17(20)23/h3-10,12H,11H2,1-2H3,(H2,20,23)(H,21,24)/p+1/t12-/m1/s1. The maximum Gasteiger partial charge on any atom is 0.282 e. The van der Waals surface area contributed by atoms with Crippen LogP contribution in [0.4, 0.5) is 5.69 Å². The van der Waals surface area contributed by atoms with Crippen LogP contribution < -0.4 is 16.0 Å². The number of halogens is 1. The van der Waals surface area contributed by atoms with Gasteiger partial charge in [-0.1, -0.05) is 23.7 Å². The van der Waals surface area contributed by atoms with Crippen molar-refractivity contribution in [3.63, 3.8) is 0 Å². The van der Waals surface area contributed by atoms with E-state index >= 15 is 0 Å². The van der Waals surface area contributed by atoms with Gasteiger partial charge in [-0.05, 0) is 43.3 Å². The van der Waals surface area contributed by atoms with Crippen molar-refractivity contribution in [1.29, 1.82) is 0 Å². The van der Waals surface area contributed by atoms with Crippen molar-refractivity contribution in [1.82, 2.24) is 0 Å². The molecule has 2 amide bonds. The van der Waals surface area contributed by atoms with E-state index in [0.29, 0.717) is 22.8 Å². The molecular formula is C18H21ClN3O2+. The Morgan fingerprint density at radius 1 is 1.12 bits per heavy atom. The molecule has 2 atom stereocenters. The number of nitrogens with two attached hydrogens (primary N) is 1. The summed E-state index contributed by atoms with van der Waals surface area (Å²) in [6.07, 6.45) is 0. The van der Waals surface area contributed by atoms with Gasteiger partial charge in [-0.3, -0.25) is 9.59 Å². The number of hydrogen-bond acceptors (Lipinski definition) is 2. The van der Waals surface area contributed by atoms with Crippen LogP contribution in [-0.4, -0.2) is 24.9 Å². The Morgan fingerprint density at radius 3 is 2.25 bits per heavy atom. The summed E-state index contributed by atoms with van der Waals surface area (Å²) in [6, 6.07) is 13.9. The Hall–Kier alpha value is -2.37. The number of anilines is 1. The molecule has 0 bridgehead atoms. The van der Waals surface area contributed by atoms with Crippen LogP contribution in [0.15, 0.2) is 48.5 Å². The van der Waals surface area contributed by atoms with Crippen molar-refractivity contribution in [2.24, 2.45) is 5.73 Å². The van der Waals surface area contributed by atoms with E-state index < -0.39 is 5.91 Å². The van der Waals surface area contributed by atoms with Gasteiger partial charge >= 0.3 is 0 Å². The van der Waals surface area contributed by atoms with Crippen LogP contribution >= 0.6 is 11.6 Å². The Kier molecular flexibility index (Phi) is 5.95. The normalized spacial score (nSPS) is 13.1. The topological polar surface area (TPSA) is 76.6 Å². The van der Waals surface area contributed by atoms with Gasteiger partial charge in [0.1, 0.15) is 6.54 Å². The van der Waals surface area contributed by atoms with Gasteiger partial charge in [-0.25, -0.2) is 0 Å². The third-order valence-corrected chi connectivity index (χ3v) is 4.22. The fourth-order valence-corrected chi connectivity index (χ4v) is 2.40. The molecule has 2 rings (SSSR count). The molecule has 6 heteroatoms. The monoisotopic (exact) mass is 346 g/mol. The molecule has 0 spiro atoms. The fourth-order valence-electron chi connectivity index (χ4n) is 2.27. The summed E-state index contributed by atoms with van der Waals surface area (Å²) in [5.41, 5.74) is 7.36. The lowest BCUT2D eigenvalue weighted by Crippen LogP contribution is -3.12. The molecule has 0 fully saturated rings. The minimum atomic E-state index is -0.492. The zero-order valence-electron chi connectivity index (χ0n) is 13.7. The average Bonchev–Trinajstić information content (AvgIpc) is 2.56. The zero-order chi connectivity index (χ0) is 17.7. The summed E-state index contributed by atoms with van der Waals surface area (Å²) in [4.78, 5) is 24.5. The predicted molar refractivity (Wildman–Crippen MR) is 95.1 cm³/mol. The molecule has 0 saturated heterocycles. The van der Waals surface area contributed by atoms with E-state index in [1.165, 1.54) is 0 Å². The van der Waals surface area contributed by atoms with Crippen molar-refractivity contribution >= 4 is 29.1 Å². The molecule has 0 saturated carbocycles. The average molecular weight is 347 g/mol. The summed E-state index contributed by atoms with van der Waals surface area (Å²) in [7, 11) is 1.97. The first-order chi connectivity index (χ1) is 11.4. The SMILES string of the molecule is C[C@H](C(=O)Nc1ccc(C(N)=O)cc1)[NH+](C)Cc1ccc(Cl)cc1. The highest BCUT2D eigenvalue weighted by Gasteiger charge is 2.22. The second kappa shape index (κ2) is 7.95. The molecule has 0 aliphatic carbocycles. The van der Waals surface area contributed by atoms with Gasteiger partial charge in [-0.15, -0.1) is 0 Å². The smallest absolute Gasteiger partial charge is 0.282 e. The molecule has 126 valence electrons. The Balaban J connectivity index is 1.95. The van der Waals surface area contributed by atoms with Gasteiger partial charge in [0.25, 0.3) is 5.91 Å². The highest BCUT2D eigenvalue weighted by molar-refractivity contribution is 6.30. The number of likely N-dealkylation sites (N-methyl/N-ethyl adjacent to an activating group) is 1. The maximum absolute atomic E-state index is 12.4. The van der Waals surface area contributed by atoms with Crippen molar-refractivity contribution in [3.8, 4) is 0 Å². The van der Waals surface area contributed by atoms with E-state index in [2.05, 4.69) is 5.32 Å². The van der Waals surface area contributed by atoms with Gasteiger partial charge in [0.05, 0.1) is 7.05 Å². The number of quaternary nitrogens is 1. The molecule has 24 heavy (non-hydrogen) atoms. The number of benzene rings is 2. The molecular weight excluding hydrogens is 326 g/mol. The lowest BCUT2D eigenvalue weighted by Gasteiger charge is -2.21. The molecule has 0 aliphatic rings. The first-order valence-electron chi connectivity index (χ1n) is 7.64. The third kappa shape index (κ3) is 4.81. The van der Waals surface area contributed by atoms with Gasteiger partial charge in [0, 0.05) is 21.8 Å². The number of carbonyl (C=O) groups excluding carboxylic acids is 2. The summed E-state index contributed by atoms with van der Waals surface area (Å²) < 4.78 is 0. The molecule has 0 aromatic heterocycles. The quantitative estimate of drug-likeness (QED) is 0.741. The van der Waals surface area contributed by atoms with E-state index in [0.717, 1.165) is 10.5 Å². The number of primary amides is 1. The molecule has 5 nitrogen and oxygen atoms in total. The van der Waals surface area contributed by atoms with Crippen molar-refractivity contribution in [3.05, 3.63) is 64.7 Å². The summed E-state index contributed by atoms with van der Waals surface area (Å²) in [6.45, 7) is 2.59. The van der Waals surface area contributed by atoms with Gasteiger partial charge in [-0.2, -0.15) is 0 Å². The number of rotatable bonds is 6. The van der Waals surface area contributed by atoms with Crippen LogP contribution in [-0.2, 0) is 11.3 Å². The van der Waals surface area contributed by atoms with Gasteiger partial charge in [0.15, 0.2) is 6.04 Å². The molecule has 2 aromatic rings. The highest BCUT2D eigenvalue weighted by atomic mass is 35.5. The van der Waals surface area contributed by atoms with E-state index in [4.69, 9.17) is 17.3 Å². The van der Waals surface area contributed by atoms with Crippen molar-refractivity contribution < 1.29 is 14.5 Å². The summed E-state index contributed by atoms with van der Waals surface area (Å²) in [5, 5.41) is 3.55. The first kappa shape index (κ1) is 18.0. The zero-order valence-corrected chi connectivity index (χ0v) is 14.4. The number of amides is 2. The van der Waals surface area contributed by atoms with Crippen LogP contribution in [0.3, 0.4) is 0 Å². The summed E-state index contributed by atoms with van der Waals surface area (Å²) in [5.74, 6) is -0.582. The molecule has 1 unspecified atom stereocenters. The molecule has 2 aromatic carbocycles. The van der Waals surface area contributed by atoms with Crippen LogP contribution in [0.2, 0.25) is 5.02 Å². The molecule has 0 radical (unpaired) electrons. The van der Waals surface area contributed by atoms with E-state index in [1.807, 2.05) is 38.2 Å². The van der Waals surface area contributed by atoms with E-state index in [1.54, 1.807) is 24.3 Å². The van der Waals surface area contributed by atoms with Crippen molar-refractivity contribution in [2.75, 3.05) is 12.4 Å². The second-order valence-corrected chi connectivity index (χ2v) is 6.24. The lowest BCUT2D eigenvalue weighted by atomic mass is 10.1. The second-order valence-electron chi connectivity index (χ2n) is 5.80. The van der Waals surface area contributed by atoms with Crippen LogP contribution in [0.5, 0.6) is 0 Å². The van der Waals surface area contributed by atoms with Crippen LogP contribution in [0.1, 0.15) is 22.8 Å². The molecule has 0 aliphatic heterocycles. The summed E-state index contributed by atoms with van der Waals surface area (Å²) >= 11 is 5.88. The Morgan fingerprint density at radius 2 is 1.71 bits per heavy atom. The van der Waals surface area contributed by atoms with E-state index in [-0.39, 0.29) is 11.9 Å². The van der Waals surface area contributed by atoms with Crippen LogP contribution in [0.25, 0.3) is 0 Å². The lowest BCUT2D eigenvalue weighted by molar-refractivity contribution is -0.907. The number of hydrogen-bond donors (Lipinski definition) is 3. The van der Waals surface area contributed by atoms with Crippen molar-refractivity contribution in [2.45, 2.75) is 19.5 Å². The largest absolute Gasteiger partial charge is 0.366 e. The highest BCUT2D eigenvalue weighted by Crippen LogP contribution is 2.10. The Bertz CT molecular complexity index is 714. The third-order valence-electron chi connectivity index (χ3n) is 3.97. The van der Waals surface area contributed by atoms with Crippen LogP contribution in [0, 0.1) is 0 Å². The van der Waals surface area contributed by atoms with Gasteiger partial charge in [0.2, 0.25) is 5.91 Å². The van der Waals surface area contributed by atoms with Gasteiger partial charge < -0.3 is 16.0 Å². The predicted octanol–water partition coefficient (Wildman–Crippen LogP) is 1.48. The molecule has 4 N–H and O–H groups in total. The first-order valence-corrected chi connectivity index (χ1v) is 8.02.